The molecule has 30 heavy (non-hydrogen) atoms. The monoisotopic (exact) mass is 422 g/mol. The maximum Gasteiger partial charge on any atom is 0.253 e. The van der Waals surface area contributed by atoms with Crippen molar-refractivity contribution in [3.63, 3.8) is 0 Å². The van der Waals surface area contributed by atoms with Gasteiger partial charge in [-0.15, -0.1) is 0 Å². The van der Waals surface area contributed by atoms with Gasteiger partial charge in [0, 0.05) is 49.1 Å². The first-order valence-corrected chi connectivity index (χ1v) is 10.4. The first-order valence-electron chi connectivity index (χ1n) is 9.63. The van der Waals surface area contributed by atoms with Crippen LogP contribution in [0, 0.1) is 5.95 Å². The third kappa shape index (κ3) is 3.46. The van der Waals surface area contributed by atoms with Crippen LogP contribution < -0.4 is 0 Å². The normalized spacial score (nSPS) is 15.1. The Labute approximate surface area is 176 Å². The van der Waals surface area contributed by atoms with Crippen LogP contribution in [0.2, 0.25) is 0 Å². The standard InChI is InChI=1S/C21H19FN6OS/c1-26-8-10-27(11-9-26)20(29)15-4-2-14(3-5-15)19-25-28-17(13-24-21(28)30-19)16-6-7-18(22)23-12-16/h2-7,12-13H,8-11H2,1H3. The van der Waals surface area contributed by atoms with Crippen LogP contribution in [-0.4, -0.2) is 68.5 Å². The van der Waals surface area contributed by atoms with Crippen molar-refractivity contribution < 1.29 is 9.18 Å². The molecule has 7 nitrogen and oxygen atoms in total. The van der Waals surface area contributed by atoms with Crippen LogP contribution >= 0.6 is 11.3 Å². The lowest BCUT2D eigenvalue weighted by Crippen LogP contribution is -2.47. The van der Waals surface area contributed by atoms with Crippen molar-refractivity contribution in [2.24, 2.45) is 0 Å². The minimum atomic E-state index is -0.523. The number of hydrogen-bond acceptors (Lipinski definition) is 6. The number of benzene rings is 1. The molecule has 0 bridgehead atoms. The van der Waals surface area contributed by atoms with Crippen molar-refractivity contribution in [3.05, 3.63) is 60.3 Å². The minimum Gasteiger partial charge on any atom is -0.336 e. The highest BCUT2D eigenvalue weighted by Crippen LogP contribution is 2.29. The summed E-state index contributed by atoms with van der Waals surface area (Å²) in [4.78, 5) is 25.7. The van der Waals surface area contributed by atoms with Crippen molar-refractivity contribution in [1.82, 2.24) is 29.4 Å². The van der Waals surface area contributed by atoms with Gasteiger partial charge < -0.3 is 9.80 Å². The number of halogens is 1. The molecule has 1 saturated heterocycles. The zero-order valence-corrected chi connectivity index (χ0v) is 17.1. The van der Waals surface area contributed by atoms with Crippen LogP contribution in [-0.2, 0) is 0 Å². The summed E-state index contributed by atoms with van der Waals surface area (Å²) in [7, 11) is 2.07. The van der Waals surface area contributed by atoms with Crippen LogP contribution in [0.15, 0.2) is 48.8 Å². The average molecular weight is 422 g/mol. The Morgan fingerprint density at radius 2 is 1.70 bits per heavy atom. The molecule has 0 radical (unpaired) electrons. The summed E-state index contributed by atoms with van der Waals surface area (Å²) in [5, 5.41) is 5.46. The molecule has 4 heterocycles. The molecule has 9 heteroatoms. The Kier molecular flexibility index (Phi) is 4.76. The van der Waals surface area contributed by atoms with E-state index in [4.69, 9.17) is 0 Å². The fourth-order valence-electron chi connectivity index (χ4n) is 3.48. The predicted octanol–water partition coefficient (Wildman–Crippen LogP) is 3.05. The lowest BCUT2D eigenvalue weighted by atomic mass is 10.1. The Hall–Kier alpha value is -3.17. The van der Waals surface area contributed by atoms with Crippen LogP contribution in [0.1, 0.15) is 10.4 Å². The highest BCUT2D eigenvalue weighted by Gasteiger charge is 2.20. The molecule has 152 valence electrons. The summed E-state index contributed by atoms with van der Waals surface area (Å²) in [5.74, 6) is -0.459. The first kappa shape index (κ1) is 18.8. The maximum atomic E-state index is 13.1. The van der Waals surface area contributed by atoms with Crippen LogP contribution in [0.3, 0.4) is 0 Å². The van der Waals surface area contributed by atoms with Gasteiger partial charge in [-0.25, -0.2) is 14.5 Å². The number of carbonyl (C=O) groups is 1. The van der Waals surface area contributed by atoms with Crippen molar-refractivity contribution in [1.29, 1.82) is 0 Å². The Morgan fingerprint density at radius 3 is 2.40 bits per heavy atom. The number of pyridine rings is 1. The van der Waals surface area contributed by atoms with Gasteiger partial charge in [0.05, 0.1) is 11.9 Å². The predicted molar refractivity (Wildman–Crippen MR) is 113 cm³/mol. The van der Waals surface area contributed by atoms with Gasteiger partial charge in [-0.2, -0.15) is 9.49 Å². The van der Waals surface area contributed by atoms with Gasteiger partial charge in [0.25, 0.3) is 5.91 Å². The number of nitrogens with zero attached hydrogens (tertiary/aromatic N) is 6. The van der Waals surface area contributed by atoms with E-state index in [-0.39, 0.29) is 5.91 Å². The van der Waals surface area contributed by atoms with Crippen LogP contribution in [0.5, 0.6) is 0 Å². The number of aromatic nitrogens is 4. The first-order chi connectivity index (χ1) is 14.6. The topological polar surface area (TPSA) is 66.6 Å². The quantitative estimate of drug-likeness (QED) is 0.475. The molecule has 3 aromatic heterocycles. The number of carbonyl (C=O) groups excluding carboxylic acids is 1. The van der Waals surface area contributed by atoms with E-state index in [1.807, 2.05) is 29.2 Å². The number of amides is 1. The summed E-state index contributed by atoms with van der Waals surface area (Å²) in [6, 6.07) is 10.5. The summed E-state index contributed by atoms with van der Waals surface area (Å²) in [5.41, 5.74) is 3.10. The van der Waals surface area contributed by atoms with Gasteiger partial charge in [0.1, 0.15) is 5.01 Å². The SMILES string of the molecule is CN1CCN(C(=O)c2ccc(-c3nn4c(-c5ccc(F)nc5)cnc4s3)cc2)CC1. The van der Waals surface area contributed by atoms with E-state index in [2.05, 4.69) is 27.0 Å². The third-order valence-electron chi connectivity index (χ3n) is 5.28. The summed E-state index contributed by atoms with van der Waals surface area (Å²) < 4.78 is 14.9. The molecule has 0 saturated carbocycles. The van der Waals surface area contributed by atoms with E-state index in [1.165, 1.54) is 23.6 Å². The molecule has 1 aromatic carbocycles. The van der Waals surface area contributed by atoms with Crippen molar-refractivity contribution in [2.45, 2.75) is 0 Å². The van der Waals surface area contributed by atoms with Crippen LogP contribution in [0.4, 0.5) is 4.39 Å². The highest BCUT2D eigenvalue weighted by atomic mass is 32.1. The van der Waals surface area contributed by atoms with Gasteiger partial charge in [-0.05, 0) is 31.3 Å². The third-order valence-corrected chi connectivity index (χ3v) is 6.25. The molecule has 1 fully saturated rings. The molecule has 0 spiro atoms. The molecular weight excluding hydrogens is 403 g/mol. The Bertz CT molecular complexity index is 1190. The Morgan fingerprint density at radius 1 is 0.967 bits per heavy atom. The lowest BCUT2D eigenvalue weighted by molar-refractivity contribution is 0.0664. The van der Waals surface area contributed by atoms with E-state index in [1.54, 1.807) is 16.8 Å². The molecule has 0 aliphatic carbocycles. The zero-order chi connectivity index (χ0) is 20.7. The molecule has 0 N–H and O–H groups in total. The zero-order valence-electron chi connectivity index (χ0n) is 16.3. The largest absolute Gasteiger partial charge is 0.336 e. The van der Waals surface area contributed by atoms with E-state index in [0.29, 0.717) is 5.56 Å². The van der Waals surface area contributed by atoms with E-state index in [9.17, 15) is 9.18 Å². The Balaban J connectivity index is 1.39. The molecule has 0 unspecified atom stereocenters. The molecule has 0 atom stereocenters. The van der Waals surface area contributed by atoms with E-state index < -0.39 is 5.95 Å². The fraction of sp³-hybridized carbons (Fsp3) is 0.238. The maximum absolute atomic E-state index is 13.1. The molecule has 1 amide bonds. The molecule has 1 aliphatic heterocycles. The van der Waals surface area contributed by atoms with E-state index >= 15 is 0 Å². The number of imidazole rings is 1. The lowest BCUT2D eigenvalue weighted by Gasteiger charge is -2.32. The number of fused-ring (bicyclic) bond motifs is 1. The number of rotatable bonds is 3. The van der Waals surface area contributed by atoms with Gasteiger partial charge in [-0.1, -0.05) is 23.5 Å². The molecular formula is C21H19FN6OS. The second-order valence-electron chi connectivity index (χ2n) is 7.29. The second-order valence-corrected chi connectivity index (χ2v) is 8.24. The number of hydrogen-bond donors (Lipinski definition) is 0. The summed E-state index contributed by atoms with van der Waals surface area (Å²) in [6.07, 6.45) is 3.17. The van der Waals surface area contributed by atoms with Crippen LogP contribution in [0.25, 0.3) is 26.8 Å². The van der Waals surface area contributed by atoms with Gasteiger partial charge in [-0.3, -0.25) is 4.79 Å². The van der Waals surface area contributed by atoms with Crippen molar-refractivity contribution in [2.75, 3.05) is 33.2 Å². The minimum absolute atomic E-state index is 0.0645. The summed E-state index contributed by atoms with van der Waals surface area (Å²) >= 11 is 1.46. The van der Waals surface area contributed by atoms with E-state index in [0.717, 1.165) is 53.0 Å². The fourth-order valence-corrected chi connectivity index (χ4v) is 4.36. The molecule has 1 aliphatic rings. The number of piperazine rings is 1. The highest BCUT2D eigenvalue weighted by molar-refractivity contribution is 7.19. The second kappa shape index (κ2) is 7.58. The van der Waals surface area contributed by atoms with Gasteiger partial charge >= 0.3 is 0 Å². The molecule has 5 rings (SSSR count). The molecule has 4 aromatic rings. The average Bonchev–Trinajstić information content (AvgIpc) is 3.36. The van der Waals surface area contributed by atoms with Crippen molar-refractivity contribution in [3.8, 4) is 21.8 Å². The smallest absolute Gasteiger partial charge is 0.253 e. The van der Waals surface area contributed by atoms with Gasteiger partial charge in [0.2, 0.25) is 10.9 Å². The number of likely N-dealkylation sites (N-methyl/N-ethyl adjacent to an activating group) is 1. The summed E-state index contributed by atoms with van der Waals surface area (Å²) in [6.45, 7) is 3.30. The van der Waals surface area contributed by atoms with Crippen molar-refractivity contribution >= 4 is 22.2 Å². The van der Waals surface area contributed by atoms with Gasteiger partial charge in [0.15, 0.2) is 0 Å².